The van der Waals surface area contributed by atoms with Gasteiger partial charge in [-0.3, -0.25) is 5.10 Å². The molecule has 0 aromatic carbocycles. The molecule has 3 N–H and O–H groups in total. The summed E-state index contributed by atoms with van der Waals surface area (Å²) in [5.41, 5.74) is 2.72. The molecule has 17 heavy (non-hydrogen) atoms. The number of hydrogen-bond acceptors (Lipinski definition) is 5. The van der Waals surface area contributed by atoms with Gasteiger partial charge in [-0.1, -0.05) is 23.9 Å². The average molecular weight is 250 g/mol. The van der Waals surface area contributed by atoms with Crippen molar-refractivity contribution in [2.24, 2.45) is 0 Å². The van der Waals surface area contributed by atoms with Gasteiger partial charge in [-0.25, -0.2) is 4.68 Å². The highest BCUT2D eigenvalue weighted by Crippen LogP contribution is 2.21. The number of hydrogen-bond donors (Lipinski definition) is 2. The highest BCUT2D eigenvalue weighted by molar-refractivity contribution is 7.99. The second-order valence-corrected chi connectivity index (χ2v) is 4.80. The molecule has 2 rings (SSSR count). The van der Waals surface area contributed by atoms with Crippen LogP contribution in [0.3, 0.4) is 0 Å². The van der Waals surface area contributed by atoms with E-state index in [1.807, 2.05) is 19.9 Å². The number of nitrogens with zero attached hydrogens (tertiary/aromatic N) is 4. The van der Waals surface area contributed by atoms with Crippen LogP contribution in [-0.4, -0.2) is 30.8 Å². The monoisotopic (exact) mass is 250 g/mol. The maximum absolute atomic E-state index is 5.92. The number of aryl methyl sites for hydroxylation is 1. The Morgan fingerprint density at radius 3 is 2.94 bits per heavy atom. The number of nitrogens with two attached hydrogens (primary N) is 1. The summed E-state index contributed by atoms with van der Waals surface area (Å²) in [5.74, 6) is 7.25. The lowest BCUT2D eigenvalue weighted by atomic mass is 10.3. The van der Waals surface area contributed by atoms with Crippen LogP contribution in [0.25, 0.3) is 11.5 Å². The largest absolute Gasteiger partial charge is 0.335 e. The Morgan fingerprint density at radius 1 is 1.59 bits per heavy atom. The maximum atomic E-state index is 5.92. The molecule has 0 saturated heterocycles. The number of nitrogen functional groups attached to an aromatic ring is 1. The molecule has 7 heteroatoms. The first kappa shape index (κ1) is 11.7. The molecule has 0 aliphatic rings. The van der Waals surface area contributed by atoms with Crippen LogP contribution in [0, 0.1) is 6.92 Å². The molecule has 0 amide bonds. The summed E-state index contributed by atoms with van der Waals surface area (Å²) in [7, 11) is 0. The van der Waals surface area contributed by atoms with Crippen LogP contribution in [0.4, 0.5) is 0 Å². The molecule has 0 fully saturated rings. The Kier molecular flexibility index (Phi) is 3.19. The zero-order chi connectivity index (χ0) is 12.4. The predicted molar refractivity (Wildman–Crippen MR) is 68.0 cm³/mol. The number of H-pyrrole nitrogens is 1. The van der Waals surface area contributed by atoms with E-state index in [2.05, 4.69) is 27.0 Å². The highest BCUT2D eigenvalue weighted by Gasteiger charge is 2.14. The second kappa shape index (κ2) is 4.62. The lowest BCUT2D eigenvalue weighted by Crippen LogP contribution is -2.11. The van der Waals surface area contributed by atoms with E-state index >= 15 is 0 Å². The molecule has 0 radical (unpaired) electrons. The van der Waals surface area contributed by atoms with Crippen molar-refractivity contribution in [3.05, 3.63) is 23.9 Å². The van der Waals surface area contributed by atoms with Crippen molar-refractivity contribution in [2.45, 2.75) is 19.0 Å². The standard InChI is InChI=1S/C10H14N6S/c1-6(2)5-17-10-15-14-9(16(10)11)8-4-7(3)12-13-8/h4H,1,5,11H2,2-3H3,(H,12,13). The van der Waals surface area contributed by atoms with Crippen LogP contribution < -0.4 is 5.84 Å². The van der Waals surface area contributed by atoms with E-state index in [-0.39, 0.29) is 0 Å². The van der Waals surface area contributed by atoms with Gasteiger partial charge in [-0.2, -0.15) is 5.10 Å². The number of aromatic amines is 1. The number of thioether (sulfide) groups is 1. The molecule has 90 valence electrons. The van der Waals surface area contributed by atoms with Crippen molar-refractivity contribution in [1.29, 1.82) is 0 Å². The van der Waals surface area contributed by atoms with Gasteiger partial charge >= 0.3 is 0 Å². The van der Waals surface area contributed by atoms with E-state index in [9.17, 15) is 0 Å². The van der Waals surface area contributed by atoms with Crippen LogP contribution in [0.5, 0.6) is 0 Å². The number of nitrogens with one attached hydrogen (secondary N) is 1. The molecular weight excluding hydrogens is 236 g/mol. The van der Waals surface area contributed by atoms with Crippen molar-refractivity contribution in [1.82, 2.24) is 25.1 Å². The van der Waals surface area contributed by atoms with Crippen LogP contribution in [-0.2, 0) is 0 Å². The van der Waals surface area contributed by atoms with Gasteiger partial charge in [0.2, 0.25) is 11.0 Å². The topological polar surface area (TPSA) is 85.4 Å². The Bertz CT molecular complexity index is 541. The van der Waals surface area contributed by atoms with Gasteiger partial charge in [0.15, 0.2) is 0 Å². The summed E-state index contributed by atoms with van der Waals surface area (Å²) in [6, 6.07) is 1.88. The SMILES string of the molecule is C=C(C)CSc1nnc(-c2cc(C)[nH]n2)n1N. The summed E-state index contributed by atoms with van der Waals surface area (Å²) in [5, 5.41) is 15.7. The van der Waals surface area contributed by atoms with Crippen molar-refractivity contribution >= 4 is 11.8 Å². The highest BCUT2D eigenvalue weighted by atomic mass is 32.2. The van der Waals surface area contributed by atoms with E-state index in [4.69, 9.17) is 5.84 Å². The van der Waals surface area contributed by atoms with Crippen molar-refractivity contribution in [3.63, 3.8) is 0 Å². The smallest absolute Gasteiger partial charge is 0.210 e. The van der Waals surface area contributed by atoms with E-state index in [1.54, 1.807) is 0 Å². The molecule has 6 nitrogen and oxygen atoms in total. The van der Waals surface area contributed by atoms with E-state index in [0.29, 0.717) is 16.7 Å². The predicted octanol–water partition coefficient (Wildman–Crippen LogP) is 1.36. The molecule has 0 aliphatic carbocycles. The quantitative estimate of drug-likeness (QED) is 0.486. The number of aromatic nitrogens is 5. The first-order valence-corrected chi connectivity index (χ1v) is 6.06. The van der Waals surface area contributed by atoms with Gasteiger partial charge in [0, 0.05) is 11.4 Å². The molecule has 0 saturated carbocycles. The Morgan fingerprint density at radius 2 is 2.35 bits per heavy atom. The van der Waals surface area contributed by atoms with Crippen LogP contribution in [0.15, 0.2) is 23.4 Å². The zero-order valence-electron chi connectivity index (χ0n) is 9.77. The molecule has 2 heterocycles. The molecule has 0 bridgehead atoms. The van der Waals surface area contributed by atoms with E-state index in [0.717, 1.165) is 17.0 Å². The molecule has 0 aliphatic heterocycles. The lowest BCUT2D eigenvalue weighted by Gasteiger charge is -2.01. The van der Waals surface area contributed by atoms with Gasteiger partial charge in [0.05, 0.1) is 0 Å². The summed E-state index contributed by atoms with van der Waals surface area (Å²) < 4.78 is 1.45. The van der Waals surface area contributed by atoms with Crippen molar-refractivity contribution in [3.8, 4) is 11.5 Å². The number of rotatable bonds is 4. The molecule has 0 spiro atoms. The molecular formula is C10H14N6S. The first-order valence-electron chi connectivity index (χ1n) is 5.08. The minimum atomic E-state index is 0.554. The Balaban J connectivity index is 2.23. The van der Waals surface area contributed by atoms with Gasteiger partial charge in [0.25, 0.3) is 0 Å². The van der Waals surface area contributed by atoms with E-state index in [1.165, 1.54) is 16.4 Å². The third-order valence-corrected chi connectivity index (χ3v) is 3.22. The van der Waals surface area contributed by atoms with Crippen LogP contribution in [0.2, 0.25) is 0 Å². The Hall–Kier alpha value is -1.76. The van der Waals surface area contributed by atoms with Crippen LogP contribution >= 0.6 is 11.8 Å². The fourth-order valence-corrected chi connectivity index (χ4v) is 1.97. The normalized spacial score (nSPS) is 10.7. The van der Waals surface area contributed by atoms with Crippen LogP contribution in [0.1, 0.15) is 12.6 Å². The molecule has 0 unspecified atom stereocenters. The molecule has 2 aromatic rings. The lowest BCUT2D eigenvalue weighted by molar-refractivity contribution is 0.848. The Labute approximate surface area is 103 Å². The average Bonchev–Trinajstić information content (AvgIpc) is 2.82. The van der Waals surface area contributed by atoms with Gasteiger partial charge in [-0.15, -0.1) is 10.2 Å². The third-order valence-electron chi connectivity index (χ3n) is 2.05. The van der Waals surface area contributed by atoms with Crippen molar-refractivity contribution in [2.75, 3.05) is 11.6 Å². The summed E-state index contributed by atoms with van der Waals surface area (Å²) in [4.78, 5) is 0. The van der Waals surface area contributed by atoms with Crippen molar-refractivity contribution < 1.29 is 0 Å². The first-order chi connectivity index (χ1) is 8.08. The molecule has 0 atom stereocenters. The minimum Gasteiger partial charge on any atom is -0.335 e. The fraction of sp³-hybridized carbons (Fsp3) is 0.300. The van der Waals surface area contributed by atoms with Gasteiger partial charge < -0.3 is 5.84 Å². The second-order valence-electron chi connectivity index (χ2n) is 3.86. The van der Waals surface area contributed by atoms with Gasteiger partial charge in [0.1, 0.15) is 5.69 Å². The third kappa shape index (κ3) is 2.50. The maximum Gasteiger partial charge on any atom is 0.210 e. The fourth-order valence-electron chi connectivity index (χ4n) is 1.27. The zero-order valence-corrected chi connectivity index (χ0v) is 10.6. The minimum absolute atomic E-state index is 0.554. The van der Waals surface area contributed by atoms with E-state index < -0.39 is 0 Å². The summed E-state index contributed by atoms with van der Waals surface area (Å²) in [6.45, 7) is 7.71. The molecule has 2 aromatic heterocycles. The van der Waals surface area contributed by atoms with Gasteiger partial charge in [-0.05, 0) is 19.9 Å². The summed E-state index contributed by atoms with van der Waals surface area (Å²) >= 11 is 1.50. The summed E-state index contributed by atoms with van der Waals surface area (Å²) in [6.07, 6.45) is 0.